The van der Waals surface area contributed by atoms with Crippen LogP contribution in [0.2, 0.25) is 5.02 Å². The molecular weight excluding hydrogens is 380 g/mol. The number of imidazole rings is 1. The molecule has 0 aliphatic rings. The minimum absolute atomic E-state index is 0.525. The quantitative estimate of drug-likeness (QED) is 0.352. The summed E-state index contributed by atoms with van der Waals surface area (Å²) in [5, 5.41) is 0.749. The van der Waals surface area contributed by atoms with Crippen molar-refractivity contribution in [3.05, 3.63) is 94.8 Å². The molecule has 0 fully saturated rings. The van der Waals surface area contributed by atoms with Gasteiger partial charge in [0.2, 0.25) is 0 Å². The minimum atomic E-state index is 0.525. The maximum atomic E-state index is 6.03. The van der Waals surface area contributed by atoms with Gasteiger partial charge in [0.1, 0.15) is 18.2 Å². The molecule has 0 N–H and O–H groups in total. The lowest BCUT2D eigenvalue weighted by molar-refractivity contribution is 0.298. The summed E-state index contributed by atoms with van der Waals surface area (Å²) in [5.41, 5.74) is 4.66. The van der Waals surface area contributed by atoms with E-state index in [4.69, 9.17) is 21.3 Å². The summed E-state index contributed by atoms with van der Waals surface area (Å²) < 4.78 is 8.27. The minimum Gasteiger partial charge on any atom is -0.492 e. The van der Waals surface area contributed by atoms with Gasteiger partial charge in [-0.25, -0.2) is 4.98 Å². The number of hydrogen-bond donors (Lipinski definition) is 0. The highest BCUT2D eigenvalue weighted by Crippen LogP contribution is 2.21. The Hall–Kier alpha value is -2.78. The first-order chi connectivity index (χ1) is 14.1. The second-order valence-corrected chi connectivity index (χ2v) is 7.98. The fourth-order valence-corrected chi connectivity index (χ4v) is 3.62. The van der Waals surface area contributed by atoms with Crippen molar-refractivity contribution in [1.29, 1.82) is 0 Å². The molecule has 148 valence electrons. The van der Waals surface area contributed by atoms with Crippen LogP contribution in [0, 0.1) is 0 Å². The average molecular weight is 405 g/mol. The topological polar surface area (TPSA) is 27.1 Å². The maximum Gasteiger partial charge on any atom is 0.119 e. The smallest absolute Gasteiger partial charge is 0.119 e. The van der Waals surface area contributed by atoms with Gasteiger partial charge in [-0.15, -0.1) is 0 Å². The van der Waals surface area contributed by atoms with Crippen molar-refractivity contribution in [2.45, 2.75) is 32.7 Å². The number of rotatable bonds is 7. The Morgan fingerprint density at radius 2 is 1.66 bits per heavy atom. The van der Waals surface area contributed by atoms with Crippen LogP contribution in [0.5, 0.6) is 5.75 Å². The number of para-hydroxylation sites is 2. The number of ether oxygens (including phenoxy) is 1. The zero-order valence-corrected chi connectivity index (χ0v) is 17.6. The molecule has 0 aliphatic heterocycles. The molecular formula is C25H25ClN2O. The van der Waals surface area contributed by atoms with Gasteiger partial charge in [-0.05, 0) is 53.4 Å². The molecule has 1 heterocycles. The molecule has 4 heteroatoms. The lowest BCUT2D eigenvalue weighted by Crippen LogP contribution is -2.11. The summed E-state index contributed by atoms with van der Waals surface area (Å²) in [6, 6.07) is 24.6. The molecule has 0 bridgehead atoms. The largest absolute Gasteiger partial charge is 0.492 e. The lowest BCUT2D eigenvalue weighted by atomic mass is 10.0. The highest BCUT2D eigenvalue weighted by atomic mass is 35.5. The van der Waals surface area contributed by atoms with Crippen LogP contribution in [0.15, 0.2) is 72.8 Å². The summed E-state index contributed by atoms with van der Waals surface area (Å²) in [6.07, 6.45) is 0.759. The Kier molecular flexibility index (Phi) is 5.86. The van der Waals surface area contributed by atoms with E-state index in [1.807, 2.05) is 18.2 Å². The van der Waals surface area contributed by atoms with Crippen LogP contribution >= 0.6 is 11.6 Å². The number of nitrogens with zero attached hydrogens (tertiary/aromatic N) is 2. The number of fused-ring (bicyclic) bond motifs is 1. The fourth-order valence-electron chi connectivity index (χ4n) is 3.50. The van der Waals surface area contributed by atoms with Gasteiger partial charge in [0.05, 0.1) is 17.6 Å². The number of halogens is 1. The molecule has 4 rings (SSSR count). The predicted octanol–water partition coefficient (Wildman–Crippen LogP) is 6.48. The summed E-state index contributed by atoms with van der Waals surface area (Å²) in [5.74, 6) is 2.46. The van der Waals surface area contributed by atoms with Crippen LogP contribution < -0.4 is 4.74 Å². The van der Waals surface area contributed by atoms with Gasteiger partial charge in [0.25, 0.3) is 0 Å². The van der Waals surface area contributed by atoms with Crippen LogP contribution in [0.1, 0.15) is 36.7 Å². The van der Waals surface area contributed by atoms with E-state index in [2.05, 4.69) is 73.0 Å². The molecule has 4 aromatic rings. The Bertz CT molecular complexity index is 1080. The van der Waals surface area contributed by atoms with E-state index in [9.17, 15) is 0 Å². The van der Waals surface area contributed by atoms with Gasteiger partial charge in [-0.1, -0.05) is 61.8 Å². The normalized spacial score (nSPS) is 11.3. The molecule has 1 aromatic heterocycles. The highest BCUT2D eigenvalue weighted by Gasteiger charge is 2.11. The third kappa shape index (κ3) is 4.63. The van der Waals surface area contributed by atoms with Crippen molar-refractivity contribution in [3.63, 3.8) is 0 Å². The first kappa shape index (κ1) is 19.5. The van der Waals surface area contributed by atoms with Gasteiger partial charge >= 0.3 is 0 Å². The molecule has 29 heavy (non-hydrogen) atoms. The molecule has 0 radical (unpaired) electrons. The van der Waals surface area contributed by atoms with E-state index in [0.717, 1.165) is 40.6 Å². The van der Waals surface area contributed by atoms with Crippen LogP contribution in [0.4, 0.5) is 0 Å². The Morgan fingerprint density at radius 1 is 0.931 bits per heavy atom. The van der Waals surface area contributed by atoms with E-state index >= 15 is 0 Å². The molecule has 0 aliphatic carbocycles. The zero-order valence-electron chi connectivity index (χ0n) is 16.8. The average Bonchev–Trinajstić information content (AvgIpc) is 3.07. The Morgan fingerprint density at radius 3 is 2.38 bits per heavy atom. The van der Waals surface area contributed by atoms with Crippen LogP contribution in [-0.4, -0.2) is 16.2 Å². The first-order valence-corrected chi connectivity index (χ1v) is 10.4. The van der Waals surface area contributed by atoms with Crippen molar-refractivity contribution in [1.82, 2.24) is 9.55 Å². The summed E-state index contributed by atoms with van der Waals surface area (Å²) in [7, 11) is 0. The van der Waals surface area contributed by atoms with Crippen LogP contribution in [-0.2, 0) is 13.0 Å². The molecule has 3 nitrogen and oxygen atoms in total. The number of benzene rings is 3. The van der Waals surface area contributed by atoms with Gasteiger partial charge in [-0.2, -0.15) is 0 Å². The molecule has 0 saturated heterocycles. The van der Waals surface area contributed by atoms with Gasteiger partial charge in [0, 0.05) is 11.4 Å². The maximum absolute atomic E-state index is 6.03. The van der Waals surface area contributed by atoms with Gasteiger partial charge < -0.3 is 9.30 Å². The van der Waals surface area contributed by atoms with E-state index < -0.39 is 0 Å². The van der Waals surface area contributed by atoms with E-state index in [1.54, 1.807) is 0 Å². The number of hydrogen-bond acceptors (Lipinski definition) is 2. The lowest BCUT2D eigenvalue weighted by Gasteiger charge is -2.12. The second-order valence-electron chi connectivity index (χ2n) is 7.54. The van der Waals surface area contributed by atoms with Gasteiger partial charge in [-0.3, -0.25) is 0 Å². The molecule has 0 saturated carbocycles. The standard InChI is InChI=1S/C25H25ClN2O/c1-18(2)20-9-13-22(14-10-20)29-16-15-28-24-6-4-3-5-23(24)27-25(28)17-19-7-11-21(26)12-8-19/h3-14,18H,15-17H2,1-2H3. The molecule has 0 unspecified atom stereocenters. The van der Waals surface area contributed by atoms with Gasteiger partial charge in [0.15, 0.2) is 0 Å². The zero-order chi connectivity index (χ0) is 20.2. The summed E-state index contributed by atoms with van der Waals surface area (Å²) in [4.78, 5) is 4.86. The van der Waals surface area contributed by atoms with Crippen LogP contribution in [0.3, 0.4) is 0 Å². The van der Waals surface area contributed by atoms with Crippen LogP contribution in [0.25, 0.3) is 11.0 Å². The molecule has 0 atom stereocenters. The second kappa shape index (κ2) is 8.71. The van der Waals surface area contributed by atoms with Crippen molar-refractivity contribution < 1.29 is 4.74 Å². The summed E-state index contributed by atoms with van der Waals surface area (Å²) in [6.45, 7) is 5.73. The van der Waals surface area contributed by atoms with Crippen molar-refractivity contribution in [3.8, 4) is 5.75 Å². The molecule has 0 amide bonds. The third-order valence-electron chi connectivity index (χ3n) is 5.14. The predicted molar refractivity (Wildman–Crippen MR) is 120 cm³/mol. The Balaban J connectivity index is 1.51. The van der Waals surface area contributed by atoms with E-state index in [0.29, 0.717) is 12.5 Å². The monoisotopic (exact) mass is 404 g/mol. The third-order valence-corrected chi connectivity index (χ3v) is 5.39. The molecule has 0 spiro atoms. The van der Waals surface area contributed by atoms with Crippen molar-refractivity contribution in [2.24, 2.45) is 0 Å². The fraction of sp³-hybridized carbons (Fsp3) is 0.240. The first-order valence-electron chi connectivity index (χ1n) is 10.0. The highest BCUT2D eigenvalue weighted by molar-refractivity contribution is 6.30. The molecule has 3 aromatic carbocycles. The SMILES string of the molecule is CC(C)c1ccc(OCCn2c(Cc3ccc(Cl)cc3)nc3ccccc32)cc1. The Labute approximate surface area is 176 Å². The van der Waals surface area contributed by atoms with E-state index in [-0.39, 0.29) is 0 Å². The summed E-state index contributed by atoms with van der Waals surface area (Å²) >= 11 is 6.03. The van der Waals surface area contributed by atoms with Crippen molar-refractivity contribution in [2.75, 3.05) is 6.61 Å². The number of aromatic nitrogens is 2. The van der Waals surface area contributed by atoms with E-state index in [1.165, 1.54) is 11.1 Å². The van der Waals surface area contributed by atoms with Crippen molar-refractivity contribution >= 4 is 22.6 Å².